The molecule has 0 spiro atoms. The van der Waals surface area contributed by atoms with Gasteiger partial charge in [-0.2, -0.15) is 0 Å². The van der Waals surface area contributed by atoms with Crippen molar-refractivity contribution in [2.75, 3.05) is 18.4 Å². The minimum Gasteiger partial charge on any atom is -0.336 e. The normalized spacial score (nSPS) is 18.7. The molecule has 1 aliphatic heterocycles. The number of carbonyl (C=O) groups is 2. The van der Waals surface area contributed by atoms with Gasteiger partial charge in [-0.3, -0.25) is 4.79 Å². The van der Waals surface area contributed by atoms with Gasteiger partial charge in [-0.05, 0) is 33.6 Å². The van der Waals surface area contributed by atoms with E-state index in [2.05, 4.69) is 15.6 Å². The fourth-order valence-corrected chi connectivity index (χ4v) is 3.00. The number of nitrogens with zero attached hydrogens (tertiary/aromatic N) is 2. The second-order valence-electron chi connectivity index (χ2n) is 5.65. The Hall–Kier alpha value is -1.63. The van der Waals surface area contributed by atoms with Gasteiger partial charge in [0.05, 0.1) is 5.92 Å². The molecule has 1 aromatic rings. The maximum Gasteiger partial charge on any atom is 0.317 e. The molecule has 1 saturated heterocycles. The fourth-order valence-electron chi connectivity index (χ4n) is 2.33. The minimum atomic E-state index is -0.166. The van der Waals surface area contributed by atoms with Crippen molar-refractivity contribution in [1.82, 2.24) is 15.2 Å². The number of amides is 3. The quantitative estimate of drug-likeness (QED) is 0.899. The van der Waals surface area contributed by atoms with Gasteiger partial charge in [-0.1, -0.05) is 0 Å². The second-order valence-corrected chi connectivity index (χ2v) is 6.89. The summed E-state index contributed by atoms with van der Waals surface area (Å²) in [6.45, 7) is 6.98. The number of rotatable bonds is 3. The molecule has 0 saturated carbocycles. The summed E-state index contributed by atoms with van der Waals surface area (Å²) in [6.07, 6.45) is 3.39. The summed E-state index contributed by atoms with van der Waals surface area (Å²) in [6, 6.07) is 0.0117. The van der Waals surface area contributed by atoms with Crippen molar-refractivity contribution in [3.63, 3.8) is 0 Å². The first-order valence-corrected chi connectivity index (χ1v) is 8.06. The van der Waals surface area contributed by atoms with E-state index in [0.717, 1.165) is 17.7 Å². The monoisotopic (exact) mass is 310 g/mol. The Labute approximate surface area is 128 Å². The summed E-state index contributed by atoms with van der Waals surface area (Å²) in [7, 11) is 0. The molecule has 1 atom stereocenters. The summed E-state index contributed by atoms with van der Waals surface area (Å²) >= 11 is 1.46. The lowest BCUT2D eigenvalue weighted by Gasteiger charge is -2.32. The number of piperidine rings is 1. The van der Waals surface area contributed by atoms with E-state index >= 15 is 0 Å². The predicted molar refractivity (Wildman–Crippen MR) is 83.4 cm³/mol. The van der Waals surface area contributed by atoms with Crippen molar-refractivity contribution in [2.45, 2.75) is 39.7 Å². The van der Waals surface area contributed by atoms with E-state index in [0.29, 0.717) is 18.2 Å². The van der Waals surface area contributed by atoms with Crippen LogP contribution in [0.15, 0.2) is 6.20 Å². The maximum atomic E-state index is 12.3. The molecular weight excluding hydrogens is 288 g/mol. The van der Waals surface area contributed by atoms with Crippen LogP contribution in [0.5, 0.6) is 0 Å². The molecule has 0 aromatic carbocycles. The van der Waals surface area contributed by atoms with Crippen molar-refractivity contribution in [3.05, 3.63) is 11.1 Å². The first-order chi connectivity index (χ1) is 9.95. The summed E-state index contributed by atoms with van der Waals surface area (Å²) in [5, 5.41) is 6.34. The van der Waals surface area contributed by atoms with Crippen molar-refractivity contribution < 1.29 is 9.59 Å². The van der Waals surface area contributed by atoms with Crippen LogP contribution in [0.3, 0.4) is 0 Å². The van der Waals surface area contributed by atoms with Gasteiger partial charge in [0.2, 0.25) is 5.91 Å². The van der Waals surface area contributed by atoms with Gasteiger partial charge in [-0.15, -0.1) is 11.3 Å². The van der Waals surface area contributed by atoms with Gasteiger partial charge >= 0.3 is 6.03 Å². The van der Waals surface area contributed by atoms with Crippen LogP contribution in [0.4, 0.5) is 9.93 Å². The summed E-state index contributed by atoms with van der Waals surface area (Å²) < 4.78 is 0. The minimum absolute atomic E-state index is 0.0496. The Bertz CT molecular complexity index is 515. The number of urea groups is 1. The number of hydrogen-bond acceptors (Lipinski definition) is 4. The van der Waals surface area contributed by atoms with Crippen LogP contribution in [-0.2, 0) is 4.79 Å². The molecule has 6 nitrogen and oxygen atoms in total. The Morgan fingerprint density at radius 3 is 2.86 bits per heavy atom. The zero-order chi connectivity index (χ0) is 15.4. The maximum absolute atomic E-state index is 12.3. The van der Waals surface area contributed by atoms with Crippen molar-refractivity contribution in [1.29, 1.82) is 0 Å². The number of aromatic nitrogens is 1. The highest BCUT2D eigenvalue weighted by Crippen LogP contribution is 2.21. The summed E-state index contributed by atoms with van der Waals surface area (Å²) in [5.41, 5.74) is 0. The average molecular weight is 310 g/mol. The van der Waals surface area contributed by atoms with Gasteiger partial charge in [0.25, 0.3) is 0 Å². The molecule has 116 valence electrons. The Balaban J connectivity index is 1.91. The molecule has 2 heterocycles. The third-order valence-corrected chi connectivity index (χ3v) is 4.17. The number of carbonyl (C=O) groups excluding carboxylic acids is 2. The van der Waals surface area contributed by atoms with Crippen LogP contribution in [-0.4, -0.2) is 41.0 Å². The number of aryl methyl sites for hydroxylation is 1. The van der Waals surface area contributed by atoms with Crippen LogP contribution in [0.1, 0.15) is 31.6 Å². The van der Waals surface area contributed by atoms with Crippen LogP contribution in [0.25, 0.3) is 0 Å². The van der Waals surface area contributed by atoms with Crippen LogP contribution in [0, 0.1) is 12.8 Å². The highest BCUT2D eigenvalue weighted by atomic mass is 32.1. The molecule has 1 aliphatic rings. The largest absolute Gasteiger partial charge is 0.336 e. The van der Waals surface area contributed by atoms with Gasteiger partial charge in [0.15, 0.2) is 5.13 Å². The highest BCUT2D eigenvalue weighted by Gasteiger charge is 2.29. The molecule has 2 rings (SSSR count). The van der Waals surface area contributed by atoms with Gasteiger partial charge in [0.1, 0.15) is 0 Å². The first kappa shape index (κ1) is 15.8. The lowest BCUT2D eigenvalue weighted by atomic mass is 9.97. The Kier molecular flexibility index (Phi) is 5.17. The van der Waals surface area contributed by atoms with E-state index in [4.69, 9.17) is 0 Å². The van der Waals surface area contributed by atoms with E-state index < -0.39 is 0 Å². The molecule has 0 unspecified atom stereocenters. The zero-order valence-electron chi connectivity index (χ0n) is 12.7. The zero-order valence-corrected chi connectivity index (χ0v) is 13.5. The van der Waals surface area contributed by atoms with Crippen LogP contribution < -0.4 is 10.6 Å². The SMILES string of the molecule is Cc1cnc(NC(=O)[C@H]2CCCN(C(=O)NC(C)C)C2)s1. The number of hydrogen-bond donors (Lipinski definition) is 2. The molecule has 0 radical (unpaired) electrons. The highest BCUT2D eigenvalue weighted by molar-refractivity contribution is 7.15. The molecule has 1 fully saturated rings. The fraction of sp³-hybridized carbons (Fsp3) is 0.643. The standard InChI is InChI=1S/C14H22N4O2S/c1-9(2)16-14(20)18-6-4-5-11(8-18)12(19)17-13-15-7-10(3)21-13/h7,9,11H,4-6,8H2,1-3H3,(H,16,20)(H,15,17,19)/t11-/m0/s1. The molecule has 2 N–H and O–H groups in total. The topological polar surface area (TPSA) is 74.3 Å². The lowest BCUT2D eigenvalue weighted by Crippen LogP contribution is -2.49. The number of anilines is 1. The summed E-state index contributed by atoms with van der Waals surface area (Å²) in [4.78, 5) is 31.2. The molecule has 0 bridgehead atoms. The van der Waals surface area contributed by atoms with E-state index in [1.165, 1.54) is 11.3 Å². The predicted octanol–water partition coefficient (Wildman–Crippen LogP) is 2.22. The van der Waals surface area contributed by atoms with Crippen molar-refractivity contribution >= 4 is 28.4 Å². The van der Waals surface area contributed by atoms with E-state index in [1.54, 1.807) is 11.1 Å². The van der Waals surface area contributed by atoms with E-state index in [9.17, 15) is 9.59 Å². The second kappa shape index (κ2) is 6.89. The van der Waals surface area contributed by atoms with Crippen molar-refractivity contribution in [2.24, 2.45) is 5.92 Å². The lowest BCUT2D eigenvalue weighted by molar-refractivity contribution is -0.121. The molecule has 21 heavy (non-hydrogen) atoms. The molecule has 3 amide bonds. The number of nitrogens with one attached hydrogen (secondary N) is 2. The third-order valence-electron chi connectivity index (χ3n) is 3.34. The molecule has 1 aromatic heterocycles. The smallest absolute Gasteiger partial charge is 0.317 e. The first-order valence-electron chi connectivity index (χ1n) is 7.24. The van der Waals surface area contributed by atoms with Gasteiger partial charge < -0.3 is 15.5 Å². The molecule has 7 heteroatoms. The van der Waals surface area contributed by atoms with E-state index in [-0.39, 0.29) is 23.9 Å². The Morgan fingerprint density at radius 1 is 1.48 bits per heavy atom. The summed E-state index contributed by atoms with van der Waals surface area (Å²) in [5.74, 6) is -0.215. The average Bonchev–Trinajstić information content (AvgIpc) is 2.83. The third kappa shape index (κ3) is 4.42. The number of thiazole rings is 1. The van der Waals surface area contributed by atoms with Crippen molar-refractivity contribution in [3.8, 4) is 0 Å². The van der Waals surface area contributed by atoms with E-state index in [1.807, 2.05) is 20.8 Å². The Morgan fingerprint density at radius 2 is 2.24 bits per heavy atom. The molecule has 0 aliphatic carbocycles. The van der Waals surface area contributed by atoms with Crippen LogP contribution in [0.2, 0.25) is 0 Å². The van der Waals surface area contributed by atoms with Gasteiger partial charge in [0, 0.05) is 30.2 Å². The molecular formula is C14H22N4O2S. The number of likely N-dealkylation sites (tertiary alicyclic amines) is 1. The van der Waals surface area contributed by atoms with Gasteiger partial charge in [-0.25, -0.2) is 9.78 Å². The van der Waals surface area contributed by atoms with Crippen LogP contribution >= 0.6 is 11.3 Å².